The maximum Gasteiger partial charge on any atom is 0.472 e. The molecule has 0 saturated carbocycles. The lowest BCUT2D eigenvalue weighted by Gasteiger charge is -2.20. The molecule has 2 unspecified atom stereocenters. The van der Waals surface area contributed by atoms with Crippen LogP contribution in [0.15, 0.2) is 12.2 Å². The van der Waals surface area contributed by atoms with Crippen LogP contribution in [0.5, 0.6) is 0 Å². The first kappa shape index (κ1) is 44.2. The molecule has 0 fully saturated rings. The molecule has 0 aliphatic carbocycles. The molecule has 0 radical (unpaired) electrons. The molecule has 268 valence electrons. The van der Waals surface area contributed by atoms with E-state index in [1.807, 2.05) is 0 Å². The molecule has 0 aliphatic rings. The lowest BCUT2D eigenvalue weighted by Crippen LogP contribution is -2.28. The SMILES string of the molecule is CCCCCC/C=C\CCCCCCCC(=O)OC(COCCCCCCCCCCCCCCC)COP(=O)(O)OCCN. The van der Waals surface area contributed by atoms with E-state index < -0.39 is 13.9 Å². The zero-order valence-electron chi connectivity index (χ0n) is 29.4. The summed E-state index contributed by atoms with van der Waals surface area (Å²) in [6, 6.07) is 0. The molecule has 0 rings (SSSR count). The summed E-state index contributed by atoms with van der Waals surface area (Å²) in [5, 5.41) is 0. The third-order valence-electron chi connectivity index (χ3n) is 7.93. The fraction of sp³-hybridized carbons (Fsp3) is 0.917. The lowest BCUT2D eigenvalue weighted by molar-refractivity contribution is -0.154. The van der Waals surface area contributed by atoms with Crippen LogP contribution in [0.4, 0.5) is 0 Å². The number of esters is 1. The summed E-state index contributed by atoms with van der Waals surface area (Å²) in [4.78, 5) is 22.3. The second-order valence-corrected chi connectivity index (χ2v) is 13.9. The zero-order chi connectivity index (χ0) is 33.1. The van der Waals surface area contributed by atoms with E-state index in [2.05, 4.69) is 26.0 Å². The molecule has 9 heteroatoms. The van der Waals surface area contributed by atoms with E-state index in [1.54, 1.807) is 0 Å². The first-order valence-corrected chi connectivity index (χ1v) is 20.2. The van der Waals surface area contributed by atoms with Gasteiger partial charge in [-0.2, -0.15) is 0 Å². The minimum atomic E-state index is -4.26. The number of rotatable bonds is 36. The van der Waals surface area contributed by atoms with Crippen LogP contribution in [0.25, 0.3) is 0 Å². The van der Waals surface area contributed by atoms with Gasteiger partial charge in [0.2, 0.25) is 0 Å². The normalized spacial score (nSPS) is 13.8. The molecule has 2 atom stereocenters. The monoisotopic (exact) mass is 662 g/mol. The van der Waals surface area contributed by atoms with Gasteiger partial charge in [-0.1, -0.05) is 142 Å². The molecule has 8 nitrogen and oxygen atoms in total. The molecular weight excluding hydrogens is 589 g/mol. The summed E-state index contributed by atoms with van der Waals surface area (Å²) in [7, 11) is -4.26. The molecular formula is C36H72NO7P. The highest BCUT2D eigenvalue weighted by molar-refractivity contribution is 7.47. The van der Waals surface area contributed by atoms with Crippen LogP contribution >= 0.6 is 7.82 Å². The van der Waals surface area contributed by atoms with Gasteiger partial charge in [0.05, 0.1) is 19.8 Å². The van der Waals surface area contributed by atoms with Crippen molar-refractivity contribution < 1.29 is 32.8 Å². The van der Waals surface area contributed by atoms with E-state index in [-0.39, 0.29) is 32.3 Å². The van der Waals surface area contributed by atoms with Crippen molar-refractivity contribution in [2.24, 2.45) is 5.73 Å². The van der Waals surface area contributed by atoms with Crippen LogP contribution in [0.1, 0.15) is 174 Å². The molecule has 0 aromatic heterocycles. The van der Waals surface area contributed by atoms with Crippen molar-refractivity contribution in [2.45, 2.75) is 180 Å². The molecule has 0 heterocycles. The molecule has 0 aliphatic heterocycles. The number of hydrogen-bond donors (Lipinski definition) is 2. The molecule has 3 N–H and O–H groups in total. The Hall–Kier alpha value is -0.760. The van der Waals surface area contributed by atoms with Gasteiger partial charge in [-0.3, -0.25) is 13.8 Å². The van der Waals surface area contributed by atoms with Crippen LogP contribution in [0.3, 0.4) is 0 Å². The minimum absolute atomic E-state index is 0.0941. The topological polar surface area (TPSA) is 117 Å². The van der Waals surface area contributed by atoms with E-state index in [0.29, 0.717) is 13.0 Å². The number of unbranched alkanes of at least 4 members (excludes halogenated alkanes) is 21. The maximum absolute atomic E-state index is 12.5. The highest BCUT2D eigenvalue weighted by atomic mass is 31.2. The van der Waals surface area contributed by atoms with Crippen molar-refractivity contribution >= 4 is 13.8 Å². The lowest BCUT2D eigenvalue weighted by atomic mass is 10.0. The number of phosphoric ester groups is 1. The Balaban J connectivity index is 4.09. The van der Waals surface area contributed by atoms with Gasteiger partial charge in [0.25, 0.3) is 0 Å². The fourth-order valence-corrected chi connectivity index (χ4v) is 5.93. The number of hydrogen-bond acceptors (Lipinski definition) is 7. The number of phosphoric acid groups is 1. The standard InChI is InChI=1S/C36H72NO7P/c1-3-5-7-9-11-13-15-17-19-21-23-25-27-29-36(38)44-35(34-43-45(39,40)42-32-30-37)33-41-31-28-26-24-22-20-18-16-14-12-10-8-6-4-2/h13,15,35H,3-12,14,16-34,37H2,1-2H3,(H,39,40)/b15-13-. The van der Waals surface area contributed by atoms with E-state index in [1.165, 1.54) is 109 Å². The van der Waals surface area contributed by atoms with Crippen molar-refractivity contribution in [3.05, 3.63) is 12.2 Å². The number of nitrogens with two attached hydrogens (primary N) is 1. The molecule has 0 bridgehead atoms. The van der Waals surface area contributed by atoms with Gasteiger partial charge in [-0.25, -0.2) is 4.57 Å². The summed E-state index contributed by atoms with van der Waals surface area (Å²) in [6.07, 6.45) is 33.6. The van der Waals surface area contributed by atoms with Gasteiger partial charge in [0, 0.05) is 19.6 Å². The molecule has 45 heavy (non-hydrogen) atoms. The number of ether oxygens (including phenoxy) is 2. The van der Waals surface area contributed by atoms with Crippen LogP contribution in [0, 0.1) is 0 Å². The van der Waals surface area contributed by atoms with E-state index in [0.717, 1.165) is 44.9 Å². The van der Waals surface area contributed by atoms with Crippen LogP contribution < -0.4 is 5.73 Å². The minimum Gasteiger partial charge on any atom is -0.457 e. The Bertz CT molecular complexity index is 707. The summed E-state index contributed by atoms with van der Waals surface area (Å²) in [5.74, 6) is -0.338. The Morgan fingerprint density at radius 2 is 1.11 bits per heavy atom. The number of allylic oxidation sites excluding steroid dienone is 2. The predicted molar refractivity (Wildman–Crippen MR) is 187 cm³/mol. The first-order chi connectivity index (χ1) is 21.9. The van der Waals surface area contributed by atoms with Gasteiger partial charge in [0.15, 0.2) is 0 Å². The molecule has 0 amide bonds. The number of carbonyl (C=O) groups is 1. The summed E-state index contributed by atoms with van der Waals surface area (Å²) in [6.45, 7) is 4.91. The van der Waals surface area contributed by atoms with Gasteiger partial charge in [-0.05, 0) is 38.5 Å². The van der Waals surface area contributed by atoms with Crippen molar-refractivity contribution in [1.29, 1.82) is 0 Å². The zero-order valence-corrected chi connectivity index (χ0v) is 30.3. The summed E-state index contributed by atoms with van der Waals surface area (Å²) >= 11 is 0. The average Bonchev–Trinajstić information content (AvgIpc) is 3.02. The third-order valence-corrected chi connectivity index (χ3v) is 8.92. The van der Waals surface area contributed by atoms with Crippen LogP contribution in [0.2, 0.25) is 0 Å². The van der Waals surface area contributed by atoms with E-state index in [4.69, 9.17) is 24.3 Å². The van der Waals surface area contributed by atoms with Gasteiger partial charge < -0.3 is 20.1 Å². The second-order valence-electron chi connectivity index (χ2n) is 12.4. The average molecular weight is 662 g/mol. The molecule has 0 saturated heterocycles. The van der Waals surface area contributed by atoms with Crippen LogP contribution in [-0.4, -0.2) is 49.9 Å². The second kappa shape index (κ2) is 34.6. The largest absolute Gasteiger partial charge is 0.472 e. The fourth-order valence-electron chi connectivity index (χ4n) is 5.17. The summed E-state index contributed by atoms with van der Waals surface area (Å²) in [5.41, 5.74) is 5.35. The number of carbonyl (C=O) groups excluding carboxylic acids is 1. The Kier molecular flexibility index (Phi) is 34.0. The van der Waals surface area contributed by atoms with Crippen molar-refractivity contribution in [2.75, 3.05) is 33.0 Å². The van der Waals surface area contributed by atoms with E-state index in [9.17, 15) is 14.3 Å². The first-order valence-electron chi connectivity index (χ1n) is 18.7. The van der Waals surface area contributed by atoms with Crippen molar-refractivity contribution in [3.63, 3.8) is 0 Å². The summed E-state index contributed by atoms with van der Waals surface area (Å²) < 4.78 is 33.2. The maximum atomic E-state index is 12.5. The highest BCUT2D eigenvalue weighted by Gasteiger charge is 2.25. The molecule has 0 aromatic rings. The van der Waals surface area contributed by atoms with Crippen LogP contribution in [-0.2, 0) is 27.9 Å². The Labute approximate surface area is 277 Å². The van der Waals surface area contributed by atoms with Gasteiger partial charge in [-0.15, -0.1) is 0 Å². The van der Waals surface area contributed by atoms with Crippen molar-refractivity contribution in [3.8, 4) is 0 Å². The molecule has 0 aromatic carbocycles. The Morgan fingerprint density at radius 3 is 1.64 bits per heavy atom. The highest BCUT2D eigenvalue weighted by Crippen LogP contribution is 2.43. The van der Waals surface area contributed by atoms with Crippen molar-refractivity contribution in [1.82, 2.24) is 0 Å². The van der Waals surface area contributed by atoms with Gasteiger partial charge in [0.1, 0.15) is 6.10 Å². The molecule has 0 spiro atoms. The van der Waals surface area contributed by atoms with E-state index >= 15 is 0 Å². The Morgan fingerprint density at radius 1 is 0.644 bits per heavy atom. The smallest absolute Gasteiger partial charge is 0.457 e. The van der Waals surface area contributed by atoms with Gasteiger partial charge >= 0.3 is 13.8 Å². The predicted octanol–water partition coefficient (Wildman–Crippen LogP) is 10.4. The third kappa shape index (κ3) is 34.4. The quantitative estimate of drug-likeness (QED) is 0.0295.